The number of aliphatic hydroxyl groups is 1. The third kappa shape index (κ3) is 3.29. The lowest BCUT2D eigenvalue weighted by molar-refractivity contribution is 0.242. The molecule has 3 nitrogen and oxygen atoms in total. The molecule has 0 spiro atoms. The molecule has 0 saturated heterocycles. The summed E-state index contributed by atoms with van der Waals surface area (Å²) in [5, 5.41) is 9.32. The first kappa shape index (κ1) is 13.1. The van der Waals surface area contributed by atoms with E-state index >= 15 is 0 Å². The molecular weight excluding hydrogens is 224 g/mol. The number of hydrogen-bond donors (Lipinski definition) is 1. The summed E-state index contributed by atoms with van der Waals surface area (Å²) in [7, 11) is 0. The molecule has 0 saturated carbocycles. The monoisotopic (exact) mass is 240 g/mol. The van der Waals surface area contributed by atoms with Gasteiger partial charge in [-0.15, -0.1) is 11.6 Å². The van der Waals surface area contributed by atoms with Crippen molar-refractivity contribution < 1.29 is 5.11 Å². The molecule has 0 bridgehead atoms. The maximum Gasteiger partial charge on any atom is 0.0809 e. The lowest BCUT2D eigenvalue weighted by Gasteiger charge is -2.25. The van der Waals surface area contributed by atoms with Gasteiger partial charge >= 0.3 is 0 Å². The van der Waals surface area contributed by atoms with E-state index in [2.05, 4.69) is 9.97 Å². The Morgan fingerprint density at radius 3 is 2.50 bits per heavy atom. The first-order chi connectivity index (χ1) is 7.49. The maximum absolute atomic E-state index is 9.32. The highest BCUT2D eigenvalue weighted by Gasteiger charge is 2.29. The second-order valence-corrected chi connectivity index (χ2v) is 5.14. The molecule has 0 aromatic carbocycles. The molecule has 0 radical (unpaired) electrons. The quantitative estimate of drug-likeness (QED) is 0.823. The Balaban J connectivity index is 2.95. The normalized spacial score (nSPS) is 14.3. The topological polar surface area (TPSA) is 46.0 Å². The van der Waals surface area contributed by atoms with Crippen molar-refractivity contribution in [2.75, 3.05) is 6.61 Å². The number of aromatic nitrogens is 2. The third-order valence-corrected chi connectivity index (χ3v) is 2.66. The predicted octanol–water partition coefficient (Wildman–Crippen LogP) is 2.60. The average molecular weight is 241 g/mol. The molecule has 1 rings (SSSR count). The minimum Gasteiger partial charge on any atom is -0.396 e. The fraction of sp³-hybridized carbons (Fsp3) is 0.500. The Morgan fingerprint density at radius 1 is 1.44 bits per heavy atom. The van der Waals surface area contributed by atoms with Crippen LogP contribution in [0.1, 0.15) is 38.1 Å². The zero-order chi connectivity index (χ0) is 12.2. The molecular formula is C12H17ClN2O. The van der Waals surface area contributed by atoms with Crippen LogP contribution in [-0.4, -0.2) is 26.6 Å². The van der Waals surface area contributed by atoms with E-state index in [1.807, 2.05) is 32.9 Å². The van der Waals surface area contributed by atoms with Gasteiger partial charge in [-0.25, -0.2) is 0 Å². The summed E-state index contributed by atoms with van der Waals surface area (Å²) in [5.74, 6) is -0.207. The maximum atomic E-state index is 9.32. The van der Waals surface area contributed by atoms with E-state index in [1.165, 1.54) is 0 Å². The Labute approximate surface area is 101 Å². The van der Waals surface area contributed by atoms with E-state index < -0.39 is 4.87 Å². The number of rotatable bonds is 4. The van der Waals surface area contributed by atoms with Crippen molar-refractivity contribution in [1.29, 1.82) is 0 Å². The van der Waals surface area contributed by atoms with Crippen molar-refractivity contribution >= 4 is 17.7 Å². The fourth-order valence-electron chi connectivity index (χ4n) is 1.45. The standard InChI is InChI=1S/C12H17ClN2O/c1-4-5-9-6-15-11(7-14-9)10(8-16)12(2,3)13/h4-7,10,16H,8H2,1-3H3. The summed E-state index contributed by atoms with van der Waals surface area (Å²) >= 11 is 6.19. The van der Waals surface area contributed by atoms with E-state index in [1.54, 1.807) is 12.4 Å². The highest BCUT2D eigenvalue weighted by Crippen LogP contribution is 2.31. The first-order valence-corrected chi connectivity index (χ1v) is 5.61. The van der Waals surface area contributed by atoms with Gasteiger partial charge in [0.2, 0.25) is 0 Å². The summed E-state index contributed by atoms with van der Waals surface area (Å²) < 4.78 is 0. The van der Waals surface area contributed by atoms with Crippen LogP contribution in [0.4, 0.5) is 0 Å². The minimum atomic E-state index is -0.536. The van der Waals surface area contributed by atoms with E-state index in [9.17, 15) is 5.11 Å². The van der Waals surface area contributed by atoms with Gasteiger partial charge in [-0.05, 0) is 26.8 Å². The number of alkyl halides is 1. The first-order valence-electron chi connectivity index (χ1n) is 5.23. The molecule has 16 heavy (non-hydrogen) atoms. The van der Waals surface area contributed by atoms with Crippen molar-refractivity contribution in [3.05, 3.63) is 29.9 Å². The average Bonchev–Trinajstić information content (AvgIpc) is 2.20. The number of halogens is 1. The van der Waals surface area contributed by atoms with Crippen LogP contribution in [0.25, 0.3) is 6.08 Å². The lowest BCUT2D eigenvalue weighted by Crippen LogP contribution is -2.26. The number of nitrogens with zero attached hydrogens (tertiary/aromatic N) is 2. The molecule has 4 heteroatoms. The Hall–Kier alpha value is -0.930. The molecule has 0 amide bonds. The highest BCUT2D eigenvalue weighted by molar-refractivity contribution is 6.24. The number of aliphatic hydroxyl groups excluding tert-OH is 1. The summed E-state index contributed by atoms with van der Waals surface area (Å²) in [6, 6.07) is 0. The van der Waals surface area contributed by atoms with Gasteiger partial charge < -0.3 is 5.11 Å². The molecule has 0 fully saturated rings. The third-order valence-electron chi connectivity index (χ3n) is 2.40. The van der Waals surface area contributed by atoms with Gasteiger partial charge in [0.15, 0.2) is 0 Å². The zero-order valence-electron chi connectivity index (χ0n) is 9.81. The largest absolute Gasteiger partial charge is 0.396 e. The smallest absolute Gasteiger partial charge is 0.0809 e. The summed E-state index contributed by atoms with van der Waals surface area (Å²) in [6.45, 7) is 5.61. The summed E-state index contributed by atoms with van der Waals surface area (Å²) in [4.78, 5) is 7.97. The number of hydrogen-bond acceptors (Lipinski definition) is 3. The van der Waals surface area contributed by atoms with Crippen molar-refractivity contribution in [2.24, 2.45) is 0 Å². The minimum absolute atomic E-state index is 0.0336. The van der Waals surface area contributed by atoms with Crippen LogP contribution in [0.5, 0.6) is 0 Å². The zero-order valence-corrected chi connectivity index (χ0v) is 10.6. The SMILES string of the molecule is CC=Cc1cnc(C(CO)C(C)(C)Cl)cn1. The van der Waals surface area contributed by atoms with Gasteiger partial charge in [-0.2, -0.15) is 0 Å². The van der Waals surface area contributed by atoms with E-state index in [-0.39, 0.29) is 12.5 Å². The molecule has 1 aromatic rings. The van der Waals surface area contributed by atoms with Crippen LogP contribution in [0.2, 0.25) is 0 Å². The molecule has 0 aliphatic rings. The molecule has 1 unspecified atom stereocenters. The molecule has 1 N–H and O–H groups in total. The fourth-order valence-corrected chi connectivity index (χ4v) is 1.63. The van der Waals surface area contributed by atoms with E-state index in [0.29, 0.717) is 0 Å². The second-order valence-electron chi connectivity index (χ2n) is 4.17. The van der Waals surface area contributed by atoms with Crippen LogP contribution in [-0.2, 0) is 0 Å². The van der Waals surface area contributed by atoms with Crippen LogP contribution in [0, 0.1) is 0 Å². The predicted molar refractivity (Wildman–Crippen MR) is 66.5 cm³/mol. The highest BCUT2D eigenvalue weighted by atomic mass is 35.5. The summed E-state index contributed by atoms with van der Waals surface area (Å²) in [5.41, 5.74) is 1.52. The van der Waals surface area contributed by atoms with Crippen molar-refractivity contribution in [2.45, 2.75) is 31.6 Å². The van der Waals surface area contributed by atoms with Gasteiger partial charge in [0.1, 0.15) is 0 Å². The number of allylic oxidation sites excluding steroid dienone is 1. The Bertz CT molecular complexity index is 354. The van der Waals surface area contributed by atoms with Crippen LogP contribution < -0.4 is 0 Å². The lowest BCUT2D eigenvalue weighted by atomic mass is 9.93. The van der Waals surface area contributed by atoms with Crippen LogP contribution >= 0.6 is 11.6 Å². The van der Waals surface area contributed by atoms with Gasteiger partial charge in [0, 0.05) is 17.0 Å². The molecule has 0 aliphatic heterocycles. The second kappa shape index (κ2) is 5.41. The van der Waals surface area contributed by atoms with Crippen LogP contribution in [0.3, 0.4) is 0 Å². The van der Waals surface area contributed by atoms with Gasteiger partial charge in [-0.1, -0.05) is 6.08 Å². The van der Waals surface area contributed by atoms with E-state index in [0.717, 1.165) is 11.4 Å². The van der Waals surface area contributed by atoms with E-state index in [4.69, 9.17) is 11.6 Å². The molecule has 88 valence electrons. The summed E-state index contributed by atoms with van der Waals surface area (Å²) in [6.07, 6.45) is 7.12. The van der Waals surface area contributed by atoms with Crippen LogP contribution in [0.15, 0.2) is 18.5 Å². The Kier molecular flexibility index (Phi) is 4.44. The van der Waals surface area contributed by atoms with Gasteiger partial charge in [0.05, 0.1) is 24.2 Å². The molecule has 1 aromatic heterocycles. The van der Waals surface area contributed by atoms with Crippen molar-refractivity contribution in [1.82, 2.24) is 9.97 Å². The van der Waals surface area contributed by atoms with Gasteiger partial charge in [0.25, 0.3) is 0 Å². The van der Waals surface area contributed by atoms with Crippen molar-refractivity contribution in [3.63, 3.8) is 0 Å². The van der Waals surface area contributed by atoms with Gasteiger partial charge in [-0.3, -0.25) is 9.97 Å². The molecule has 1 heterocycles. The Morgan fingerprint density at radius 2 is 2.12 bits per heavy atom. The molecule has 1 atom stereocenters. The van der Waals surface area contributed by atoms with Crippen molar-refractivity contribution in [3.8, 4) is 0 Å². The molecule has 0 aliphatic carbocycles.